The summed E-state index contributed by atoms with van der Waals surface area (Å²) in [6.45, 7) is 0. The number of nitrogens with one attached hydrogen (secondary N) is 2. The Hall–Kier alpha value is -2.47. The minimum Gasteiger partial charge on any atom is -0.299 e. The highest BCUT2D eigenvalue weighted by Gasteiger charge is 2.18. The maximum absolute atomic E-state index is 12.2. The zero-order chi connectivity index (χ0) is 15.1. The van der Waals surface area contributed by atoms with E-state index in [-0.39, 0.29) is 11.2 Å². The Kier molecular flexibility index (Phi) is 3.10. The van der Waals surface area contributed by atoms with E-state index in [0.717, 1.165) is 15.8 Å². The maximum Gasteiger partial charge on any atom is 0.332 e. The zero-order valence-corrected chi connectivity index (χ0v) is 12.2. The third-order valence-corrected chi connectivity index (χ3v) is 3.71. The summed E-state index contributed by atoms with van der Waals surface area (Å²) in [5.41, 5.74) is 7.22. The van der Waals surface area contributed by atoms with Gasteiger partial charge in [0.1, 0.15) is 5.82 Å². The van der Waals surface area contributed by atoms with Gasteiger partial charge in [0, 0.05) is 19.1 Å². The second-order valence-electron chi connectivity index (χ2n) is 4.78. The van der Waals surface area contributed by atoms with E-state index in [9.17, 15) is 9.59 Å². The Morgan fingerprint density at radius 1 is 1.00 bits per heavy atom. The normalized spacial score (nSPS) is 13.0. The molecule has 1 aromatic heterocycles. The standard InChI is InChI=1S/C14H13ClN4O2/c1-18-12-10(13(20)19(2)14(18)21)7-11(16-17-12)8-3-5-9(15)6-4-8/h3-7,16-17H,1-2H3. The monoisotopic (exact) mass is 304 g/mol. The molecule has 2 aromatic rings. The molecule has 2 heterocycles. The Balaban J connectivity index is 2.20. The number of hydrazine groups is 1. The van der Waals surface area contributed by atoms with Crippen LogP contribution in [0.5, 0.6) is 0 Å². The summed E-state index contributed by atoms with van der Waals surface area (Å²) >= 11 is 5.87. The van der Waals surface area contributed by atoms with Crippen molar-refractivity contribution < 1.29 is 0 Å². The molecule has 0 unspecified atom stereocenters. The van der Waals surface area contributed by atoms with Gasteiger partial charge in [0.05, 0.1) is 11.3 Å². The lowest BCUT2D eigenvalue weighted by Gasteiger charge is -2.22. The number of aromatic nitrogens is 2. The lowest BCUT2D eigenvalue weighted by Crippen LogP contribution is -2.42. The van der Waals surface area contributed by atoms with Gasteiger partial charge in [-0.15, -0.1) is 0 Å². The minimum absolute atomic E-state index is 0.339. The van der Waals surface area contributed by atoms with E-state index in [2.05, 4.69) is 10.9 Å². The summed E-state index contributed by atoms with van der Waals surface area (Å²) in [5.74, 6) is 0.445. The van der Waals surface area contributed by atoms with Gasteiger partial charge in [-0.2, -0.15) is 0 Å². The Bertz CT molecular complexity index is 862. The summed E-state index contributed by atoms with van der Waals surface area (Å²) < 4.78 is 2.47. The lowest BCUT2D eigenvalue weighted by molar-refractivity contribution is 0.682. The molecule has 21 heavy (non-hydrogen) atoms. The molecule has 6 nitrogen and oxygen atoms in total. The summed E-state index contributed by atoms with van der Waals surface area (Å²) in [6.07, 6.45) is 1.72. The number of rotatable bonds is 1. The Morgan fingerprint density at radius 3 is 2.33 bits per heavy atom. The third-order valence-electron chi connectivity index (χ3n) is 3.46. The molecule has 1 aliphatic heterocycles. The van der Waals surface area contributed by atoms with Crippen LogP contribution in [-0.4, -0.2) is 9.13 Å². The molecular formula is C14H13ClN4O2. The first-order valence-corrected chi connectivity index (χ1v) is 6.66. The van der Waals surface area contributed by atoms with Gasteiger partial charge in [-0.25, -0.2) is 4.79 Å². The Morgan fingerprint density at radius 2 is 1.67 bits per heavy atom. The summed E-state index contributed by atoms with van der Waals surface area (Å²) in [4.78, 5) is 24.1. The number of hydrogen-bond donors (Lipinski definition) is 2. The van der Waals surface area contributed by atoms with Gasteiger partial charge < -0.3 is 0 Å². The average molecular weight is 305 g/mol. The molecule has 0 spiro atoms. The predicted octanol–water partition coefficient (Wildman–Crippen LogP) is 1.17. The van der Waals surface area contributed by atoms with Crippen molar-refractivity contribution in [2.45, 2.75) is 0 Å². The van der Waals surface area contributed by atoms with Crippen LogP contribution in [0.1, 0.15) is 11.1 Å². The first-order chi connectivity index (χ1) is 9.99. The number of hydrogen-bond acceptors (Lipinski definition) is 4. The number of fused-ring (bicyclic) bond motifs is 1. The molecule has 0 saturated heterocycles. The lowest BCUT2D eigenvalue weighted by atomic mass is 10.1. The number of anilines is 1. The molecule has 0 amide bonds. The third kappa shape index (κ3) is 2.13. The van der Waals surface area contributed by atoms with Crippen molar-refractivity contribution >= 4 is 29.2 Å². The van der Waals surface area contributed by atoms with Crippen LogP contribution in [-0.2, 0) is 14.1 Å². The van der Waals surface area contributed by atoms with Crippen molar-refractivity contribution in [3.8, 4) is 0 Å². The van der Waals surface area contributed by atoms with Gasteiger partial charge in [0.2, 0.25) is 0 Å². The molecule has 0 fully saturated rings. The number of benzene rings is 1. The fourth-order valence-electron chi connectivity index (χ4n) is 2.24. The topological polar surface area (TPSA) is 68.1 Å². The number of halogens is 1. The molecular weight excluding hydrogens is 292 g/mol. The zero-order valence-electron chi connectivity index (χ0n) is 11.5. The van der Waals surface area contributed by atoms with E-state index in [0.29, 0.717) is 16.4 Å². The van der Waals surface area contributed by atoms with Crippen LogP contribution in [0.4, 0.5) is 5.82 Å². The molecule has 0 saturated carbocycles. The van der Waals surface area contributed by atoms with E-state index in [1.807, 2.05) is 12.1 Å². The first kappa shape index (κ1) is 13.5. The molecule has 1 aromatic carbocycles. The van der Waals surface area contributed by atoms with Crippen LogP contribution in [0.2, 0.25) is 5.02 Å². The highest BCUT2D eigenvalue weighted by Crippen LogP contribution is 2.23. The van der Waals surface area contributed by atoms with Gasteiger partial charge in [0.25, 0.3) is 5.56 Å². The summed E-state index contributed by atoms with van der Waals surface area (Å²) in [6, 6.07) is 7.24. The van der Waals surface area contributed by atoms with Crippen molar-refractivity contribution in [1.29, 1.82) is 0 Å². The van der Waals surface area contributed by atoms with Crippen molar-refractivity contribution in [3.05, 3.63) is 61.3 Å². The largest absolute Gasteiger partial charge is 0.332 e. The summed E-state index contributed by atoms with van der Waals surface area (Å²) in [7, 11) is 3.07. The predicted molar refractivity (Wildman–Crippen MR) is 83.0 cm³/mol. The van der Waals surface area contributed by atoms with Gasteiger partial charge >= 0.3 is 5.69 Å². The van der Waals surface area contributed by atoms with Gasteiger partial charge in [-0.1, -0.05) is 23.7 Å². The second-order valence-corrected chi connectivity index (χ2v) is 5.22. The quantitative estimate of drug-likeness (QED) is 0.830. The molecule has 0 atom stereocenters. The van der Waals surface area contributed by atoms with E-state index < -0.39 is 0 Å². The van der Waals surface area contributed by atoms with Crippen LogP contribution < -0.4 is 22.1 Å². The maximum atomic E-state index is 12.2. The molecule has 108 valence electrons. The molecule has 1 aliphatic rings. The smallest absolute Gasteiger partial charge is 0.299 e. The van der Waals surface area contributed by atoms with Crippen LogP contribution >= 0.6 is 11.6 Å². The van der Waals surface area contributed by atoms with E-state index in [1.54, 1.807) is 25.3 Å². The molecule has 0 aliphatic carbocycles. The minimum atomic E-state index is -0.378. The van der Waals surface area contributed by atoms with E-state index in [1.165, 1.54) is 11.6 Å². The fraction of sp³-hybridized carbons (Fsp3) is 0.143. The molecule has 2 N–H and O–H groups in total. The van der Waals surface area contributed by atoms with Crippen molar-refractivity contribution in [3.63, 3.8) is 0 Å². The molecule has 3 rings (SSSR count). The van der Waals surface area contributed by atoms with E-state index in [4.69, 9.17) is 11.6 Å². The first-order valence-electron chi connectivity index (χ1n) is 6.28. The van der Waals surface area contributed by atoms with Crippen LogP contribution in [0.25, 0.3) is 11.8 Å². The van der Waals surface area contributed by atoms with Gasteiger partial charge in [-0.05, 0) is 23.8 Å². The van der Waals surface area contributed by atoms with Crippen LogP contribution in [0.15, 0.2) is 33.9 Å². The van der Waals surface area contributed by atoms with Crippen molar-refractivity contribution in [1.82, 2.24) is 14.6 Å². The number of nitrogens with zero attached hydrogens (tertiary/aromatic N) is 2. The van der Waals surface area contributed by atoms with E-state index >= 15 is 0 Å². The van der Waals surface area contributed by atoms with Crippen molar-refractivity contribution in [2.24, 2.45) is 14.1 Å². The Labute approximate surface area is 125 Å². The van der Waals surface area contributed by atoms with Crippen LogP contribution in [0.3, 0.4) is 0 Å². The average Bonchev–Trinajstić information content (AvgIpc) is 2.51. The molecule has 7 heteroatoms. The van der Waals surface area contributed by atoms with Gasteiger partial charge in [0.15, 0.2) is 0 Å². The molecule has 0 bridgehead atoms. The second kappa shape index (κ2) is 4.82. The summed E-state index contributed by atoms with van der Waals surface area (Å²) in [5, 5.41) is 0.641. The highest BCUT2D eigenvalue weighted by atomic mass is 35.5. The fourth-order valence-corrected chi connectivity index (χ4v) is 2.37. The SMILES string of the molecule is Cn1c2c(c(=O)n(C)c1=O)C=C(c1ccc(Cl)cc1)NN2. The van der Waals surface area contributed by atoms with Crippen LogP contribution in [0, 0.1) is 0 Å². The highest BCUT2D eigenvalue weighted by molar-refractivity contribution is 6.30. The molecule has 0 radical (unpaired) electrons. The van der Waals surface area contributed by atoms with Gasteiger partial charge in [-0.3, -0.25) is 24.8 Å². The van der Waals surface area contributed by atoms with Crippen molar-refractivity contribution in [2.75, 3.05) is 5.43 Å².